The molecule has 4 fully saturated rings. The summed E-state index contributed by atoms with van der Waals surface area (Å²) in [6.45, 7) is 5.56. The van der Waals surface area contributed by atoms with Crippen molar-refractivity contribution in [2.45, 2.75) is 76.7 Å². The Bertz CT molecular complexity index is 689. The van der Waals surface area contributed by atoms with Gasteiger partial charge in [0.15, 0.2) is 11.6 Å². The summed E-state index contributed by atoms with van der Waals surface area (Å²) in [5.74, 6) is 0.415. The van der Waals surface area contributed by atoms with E-state index in [1.165, 1.54) is 6.92 Å². The Hall–Kier alpha value is -0.740. The Morgan fingerprint density at radius 2 is 1.77 bits per heavy atom. The number of ketones is 3. The van der Waals surface area contributed by atoms with Gasteiger partial charge in [-0.15, -0.1) is 11.6 Å². The molecule has 0 aromatic carbocycles. The lowest BCUT2D eigenvalue weighted by molar-refractivity contribution is -0.176. The van der Waals surface area contributed by atoms with E-state index in [0.29, 0.717) is 12.8 Å². The molecule has 8 atom stereocenters. The van der Waals surface area contributed by atoms with Gasteiger partial charge in [0, 0.05) is 24.2 Å². The van der Waals surface area contributed by atoms with Gasteiger partial charge in [0.2, 0.25) is 0 Å². The van der Waals surface area contributed by atoms with E-state index in [4.69, 9.17) is 11.6 Å². The predicted molar refractivity (Wildman–Crippen MR) is 97.8 cm³/mol. The van der Waals surface area contributed by atoms with Gasteiger partial charge in [-0.2, -0.15) is 0 Å². The summed E-state index contributed by atoms with van der Waals surface area (Å²) >= 11 is 6.49. The second-order valence-electron chi connectivity index (χ2n) is 9.82. The van der Waals surface area contributed by atoms with Gasteiger partial charge in [0.05, 0.1) is 5.38 Å². The normalized spacial score (nSPS) is 53.7. The van der Waals surface area contributed by atoms with E-state index in [0.717, 1.165) is 25.7 Å². The van der Waals surface area contributed by atoms with Gasteiger partial charge >= 0.3 is 0 Å². The lowest BCUT2D eigenvalue weighted by Crippen LogP contribution is -2.62. The largest absolute Gasteiger partial charge is 0.381 e. The molecule has 0 aliphatic heterocycles. The van der Waals surface area contributed by atoms with Crippen molar-refractivity contribution in [1.29, 1.82) is 0 Å². The minimum Gasteiger partial charge on any atom is -0.381 e. The number of Topliss-reactive ketones (excluding diaryl/α,β-unsaturated/α-hetero) is 3. The maximum absolute atomic E-state index is 13.4. The number of alkyl halides is 1. The predicted octanol–water partition coefficient (Wildman–Crippen LogP) is 3.31. The Labute approximate surface area is 160 Å². The summed E-state index contributed by atoms with van der Waals surface area (Å²) in [6, 6.07) is 0. The summed E-state index contributed by atoms with van der Waals surface area (Å²) in [5, 5.41) is 10.7. The first kappa shape index (κ1) is 18.6. The highest BCUT2D eigenvalue weighted by Crippen LogP contribution is 2.67. The molecule has 0 radical (unpaired) electrons. The fourth-order valence-corrected chi connectivity index (χ4v) is 8.02. The van der Waals surface area contributed by atoms with Gasteiger partial charge in [-0.3, -0.25) is 14.4 Å². The van der Waals surface area contributed by atoms with E-state index in [2.05, 4.69) is 6.92 Å². The topological polar surface area (TPSA) is 71.4 Å². The zero-order chi connectivity index (χ0) is 19.1. The van der Waals surface area contributed by atoms with Crippen LogP contribution in [-0.2, 0) is 14.4 Å². The molecule has 0 aromatic heterocycles. The van der Waals surface area contributed by atoms with Crippen molar-refractivity contribution in [3.63, 3.8) is 0 Å². The Balaban J connectivity index is 1.73. The van der Waals surface area contributed by atoms with Gasteiger partial charge in [0.1, 0.15) is 11.4 Å². The van der Waals surface area contributed by atoms with Crippen molar-refractivity contribution < 1.29 is 19.5 Å². The quantitative estimate of drug-likeness (QED) is 0.708. The number of carbonyl (C=O) groups is 3. The van der Waals surface area contributed by atoms with Crippen molar-refractivity contribution in [2.75, 3.05) is 0 Å². The molecule has 26 heavy (non-hydrogen) atoms. The highest BCUT2D eigenvalue weighted by molar-refractivity contribution is 6.31. The lowest BCUT2D eigenvalue weighted by Gasteiger charge is -2.60. The molecule has 0 amide bonds. The van der Waals surface area contributed by atoms with E-state index in [-0.39, 0.29) is 52.9 Å². The van der Waals surface area contributed by atoms with Crippen molar-refractivity contribution in [3.05, 3.63) is 0 Å². The number of carbonyl (C=O) groups excluding carboxylic acids is 3. The number of aliphatic hydroxyl groups is 1. The molecule has 0 spiro atoms. The monoisotopic (exact) mass is 380 g/mol. The highest BCUT2D eigenvalue weighted by Gasteiger charge is 2.69. The third kappa shape index (κ3) is 2.09. The van der Waals surface area contributed by atoms with Gasteiger partial charge in [-0.1, -0.05) is 13.8 Å². The lowest BCUT2D eigenvalue weighted by atomic mass is 9.44. The van der Waals surface area contributed by atoms with Crippen molar-refractivity contribution in [2.24, 2.45) is 34.5 Å². The third-order valence-corrected chi connectivity index (χ3v) is 9.48. The summed E-state index contributed by atoms with van der Waals surface area (Å²) < 4.78 is 0. The van der Waals surface area contributed by atoms with Gasteiger partial charge in [-0.05, 0) is 62.2 Å². The molecule has 0 saturated heterocycles. The van der Waals surface area contributed by atoms with E-state index < -0.39 is 16.4 Å². The molecule has 0 heterocycles. The number of fused-ring (bicyclic) bond motifs is 5. The van der Waals surface area contributed by atoms with Crippen LogP contribution in [0.1, 0.15) is 65.7 Å². The first-order chi connectivity index (χ1) is 12.1. The molecule has 1 N–H and O–H groups in total. The van der Waals surface area contributed by atoms with Crippen LogP contribution in [0.3, 0.4) is 0 Å². The Morgan fingerprint density at radius 1 is 1.08 bits per heavy atom. The maximum atomic E-state index is 13.4. The van der Waals surface area contributed by atoms with Gasteiger partial charge in [-0.25, -0.2) is 0 Å². The van der Waals surface area contributed by atoms with Crippen LogP contribution in [0.2, 0.25) is 0 Å². The zero-order valence-corrected chi connectivity index (χ0v) is 16.6. The molecule has 4 rings (SSSR count). The molecule has 4 nitrogen and oxygen atoms in total. The van der Waals surface area contributed by atoms with Crippen molar-refractivity contribution >= 4 is 29.0 Å². The van der Waals surface area contributed by atoms with E-state index >= 15 is 0 Å². The number of hydrogen-bond acceptors (Lipinski definition) is 4. The van der Waals surface area contributed by atoms with Crippen molar-refractivity contribution in [1.82, 2.24) is 0 Å². The number of rotatable bonds is 1. The Morgan fingerprint density at radius 3 is 2.42 bits per heavy atom. The van der Waals surface area contributed by atoms with Crippen LogP contribution in [0.25, 0.3) is 0 Å². The number of hydrogen-bond donors (Lipinski definition) is 1. The minimum atomic E-state index is -1.38. The summed E-state index contributed by atoms with van der Waals surface area (Å²) in [6.07, 6.45) is 4.42. The molecule has 0 bridgehead atoms. The van der Waals surface area contributed by atoms with Gasteiger partial charge < -0.3 is 5.11 Å². The molecule has 8 unspecified atom stereocenters. The first-order valence-corrected chi connectivity index (χ1v) is 10.4. The molecule has 4 aliphatic carbocycles. The standard InChI is InChI=1S/C21H29ClO4/c1-11(23)21(26)9-6-13-12-4-5-14-18(22)15(24)7-8-19(14,2)17(12)16(25)10-20(13,21)3/h12-14,17-18,26H,4-10H2,1-3H3. The van der Waals surface area contributed by atoms with E-state index in [1.807, 2.05) is 6.92 Å². The smallest absolute Gasteiger partial charge is 0.161 e. The first-order valence-electron chi connectivity index (χ1n) is 9.99. The molecule has 4 aliphatic rings. The molecule has 144 valence electrons. The van der Waals surface area contributed by atoms with Crippen LogP contribution < -0.4 is 0 Å². The average molecular weight is 381 g/mol. The van der Waals surface area contributed by atoms with E-state index in [1.54, 1.807) is 0 Å². The molecule has 4 saturated carbocycles. The van der Waals surface area contributed by atoms with E-state index in [9.17, 15) is 19.5 Å². The van der Waals surface area contributed by atoms with Crippen LogP contribution in [0.4, 0.5) is 0 Å². The van der Waals surface area contributed by atoms with Crippen LogP contribution in [0.5, 0.6) is 0 Å². The van der Waals surface area contributed by atoms with Crippen LogP contribution in [0, 0.1) is 34.5 Å². The van der Waals surface area contributed by atoms with Crippen LogP contribution in [0.15, 0.2) is 0 Å². The van der Waals surface area contributed by atoms with Crippen molar-refractivity contribution in [3.8, 4) is 0 Å². The highest BCUT2D eigenvalue weighted by atomic mass is 35.5. The molecular formula is C21H29ClO4. The summed E-state index contributed by atoms with van der Waals surface area (Å²) in [4.78, 5) is 37.8. The molecule has 5 heteroatoms. The van der Waals surface area contributed by atoms with Gasteiger partial charge in [0.25, 0.3) is 0 Å². The fraction of sp³-hybridized carbons (Fsp3) is 0.857. The maximum Gasteiger partial charge on any atom is 0.161 e. The number of halogens is 1. The van der Waals surface area contributed by atoms with Crippen LogP contribution in [-0.4, -0.2) is 33.4 Å². The summed E-state index contributed by atoms with van der Waals surface area (Å²) in [5.41, 5.74) is -2.28. The summed E-state index contributed by atoms with van der Waals surface area (Å²) in [7, 11) is 0. The van der Waals surface area contributed by atoms with Crippen LogP contribution >= 0.6 is 11.6 Å². The second kappa shape index (κ2) is 5.64. The Kier molecular flexibility index (Phi) is 4.03. The second-order valence-corrected chi connectivity index (χ2v) is 10.3. The molecule has 0 aromatic rings. The SMILES string of the molecule is CC(=O)C1(O)CCC2C3CCC4C(Cl)C(=O)CCC4(C)C3C(=O)CC21C. The minimum absolute atomic E-state index is 0.0630. The zero-order valence-electron chi connectivity index (χ0n) is 15.9. The fourth-order valence-electron chi connectivity index (χ4n) is 7.49. The molecular weight excluding hydrogens is 352 g/mol. The average Bonchev–Trinajstić information content (AvgIpc) is 2.83. The third-order valence-electron chi connectivity index (χ3n) is 8.94.